The first-order chi connectivity index (χ1) is 9.99. The van der Waals surface area contributed by atoms with Crippen LogP contribution in [0.2, 0.25) is 5.02 Å². The summed E-state index contributed by atoms with van der Waals surface area (Å²) < 4.78 is 0. The smallest absolute Gasteiger partial charge is 0.304 e. The largest absolute Gasteiger partial charge is 0.481 e. The number of aromatic nitrogens is 1. The summed E-state index contributed by atoms with van der Waals surface area (Å²) in [5.74, 6) is -0.778. The number of carboxylic acids is 1. The van der Waals surface area contributed by atoms with Crippen LogP contribution in [-0.2, 0) is 11.3 Å². The van der Waals surface area contributed by atoms with E-state index in [9.17, 15) is 4.79 Å². The maximum Gasteiger partial charge on any atom is 0.304 e. The van der Waals surface area contributed by atoms with Gasteiger partial charge in [-0.25, -0.2) is 0 Å². The first-order valence-electron chi connectivity index (χ1n) is 6.97. The van der Waals surface area contributed by atoms with E-state index in [-0.39, 0.29) is 12.5 Å². The number of benzene rings is 1. The molecule has 2 rings (SSSR count). The van der Waals surface area contributed by atoms with Gasteiger partial charge in [-0.3, -0.25) is 14.7 Å². The molecular formula is C16H19ClN2O2. The average molecular weight is 307 g/mol. The van der Waals surface area contributed by atoms with E-state index in [1.54, 1.807) is 6.20 Å². The van der Waals surface area contributed by atoms with Crippen LogP contribution < -0.4 is 0 Å². The van der Waals surface area contributed by atoms with Crippen LogP contribution in [0.1, 0.15) is 25.8 Å². The molecule has 0 amide bonds. The summed E-state index contributed by atoms with van der Waals surface area (Å²) in [6.07, 6.45) is 1.89. The molecule has 1 N–H and O–H groups in total. The van der Waals surface area contributed by atoms with E-state index in [1.165, 1.54) is 0 Å². The zero-order valence-corrected chi connectivity index (χ0v) is 13.0. The third-order valence-electron chi connectivity index (χ3n) is 3.52. The minimum Gasteiger partial charge on any atom is -0.481 e. The van der Waals surface area contributed by atoms with E-state index in [0.717, 1.165) is 16.5 Å². The molecule has 1 aromatic heterocycles. The van der Waals surface area contributed by atoms with Gasteiger partial charge in [-0.05, 0) is 37.6 Å². The fraction of sp³-hybridized carbons (Fsp3) is 0.375. The number of carboxylic acid groups (broad SMARTS) is 1. The Hall–Kier alpha value is -1.65. The minimum absolute atomic E-state index is 0.136. The van der Waals surface area contributed by atoms with Gasteiger partial charge in [-0.15, -0.1) is 0 Å². The van der Waals surface area contributed by atoms with Crippen LogP contribution in [0.4, 0.5) is 0 Å². The highest BCUT2D eigenvalue weighted by molar-refractivity contribution is 6.35. The standard InChI is InChI=1S/C16H19ClN2O2/c1-11(2)19(9-7-15(20)21)10-12-5-6-14(17)13-4-3-8-18-16(12)13/h3-6,8,11H,7,9-10H2,1-2H3,(H,20,21). The van der Waals surface area contributed by atoms with Crippen LogP contribution >= 0.6 is 11.6 Å². The Morgan fingerprint density at radius 3 is 2.81 bits per heavy atom. The molecule has 0 radical (unpaired) electrons. The van der Waals surface area contributed by atoms with Crippen molar-refractivity contribution in [2.24, 2.45) is 0 Å². The number of hydrogen-bond acceptors (Lipinski definition) is 3. The molecule has 0 saturated heterocycles. The molecule has 0 bridgehead atoms. The van der Waals surface area contributed by atoms with Gasteiger partial charge in [0.15, 0.2) is 0 Å². The molecule has 2 aromatic rings. The van der Waals surface area contributed by atoms with Gasteiger partial charge >= 0.3 is 5.97 Å². The summed E-state index contributed by atoms with van der Waals surface area (Å²) in [7, 11) is 0. The number of fused-ring (bicyclic) bond motifs is 1. The van der Waals surface area contributed by atoms with Gasteiger partial charge in [-0.1, -0.05) is 17.7 Å². The molecule has 5 heteroatoms. The molecule has 0 atom stereocenters. The zero-order chi connectivity index (χ0) is 15.4. The summed E-state index contributed by atoms with van der Waals surface area (Å²) in [4.78, 5) is 17.3. The molecular weight excluding hydrogens is 288 g/mol. The normalized spacial score (nSPS) is 11.5. The highest BCUT2D eigenvalue weighted by Crippen LogP contribution is 2.26. The van der Waals surface area contributed by atoms with Crippen LogP contribution in [0.15, 0.2) is 30.5 Å². The van der Waals surface area contributed by atoms with Gasteiger partial charge in [-0.2, -0.15) is 0 Å². The van der Waals surface area contributed by atoms with Crippen LogP contribution in [0, 0.1) is 0 Å². The molecule has 21 heavy (non-hydrogen) atoms. The van der Waals surface area contributed by atoms with Crippen LogP contribution in [0.25, 0.3) is 10.9 Å². The number of aliphatic carboxylic acids is 1. The van der Waals surface area contributed by atoms with Crippen molar-refractivity contribution in [3.8, 4) is 0 Å². The number of rotatable bonds is 6. The van der Waals surface area contributed by atoms with E-state index < -0.39 is 5.97 Å². The highest BCUT2D eigenvalue weighted by atomic mass is 35.5. The van der Waals surface area contributed by atoms with Crippen molar-refractivity contribution in [1.29, 1.82) is 0 Å². The second-order valence-electron chi connectivity index (χ2n) is 5.31. The number of halogens is 1. The highest BCUT2D eigenvalue weighted by Gasteiger charge is 2.14. The lowest BCUT2D eigenvalue weighted by Crippen LogP contribution is -2.32. The quantitative estimate of drug-likeness (QED) is 0.886. The Morgan fingerprint density at radius 2 is 2.14 bits per heavy atom. The molecule has 1 heterocycles. The van der Waals surface area contributed by atoms with Crippen molar-refractivity contribution in [2.75, 3.05) is 6.54 Å². The van der Waals surface area contributed by atoms with Crippen molar-refractivity contribution < 1.29 is 9.90 Å². The average Bonchev–Trinajstić information content (AvgIpc) is 2.45. The monoisotopic (exact) mass is 306 g/mol. The predicted molar refractivity (Wildman–Crippen MR) is 84.6 cm³/mol. The van der Waals surface area contributed by atoms with E-state index >= 15 is 0 Å². The van der Waals surface area contributed by atoms with Crippen molar-refractivity contribution in [2.45, 2.75) is 32.9 Å². The fourth-order valence-corrected chi connectivity index (χ4v) is 2.52. The zero-order valence-electron chi connectivity index (χ0n) is 12.2. The Labute approximate surface area is 129 Å². The van der Waals surface area contributed by atoms with E-state index in [4.69, 9.17) is 16.7 Å². The van der Waals surface area contributed by atoms with E-state index in [0.29, 0.717) is 18.1 Å². The second kappa shape index (κ2) is 6.87. The summed E-state index contributed by atoms with van der Waals surface area (Å²) in [6, 6.07) is 7.91. The number of hydrogen-bond donors (Lipinski definition) is 1. The lowest BCUT2D eigenvalue weighted by atomic mass is 10.1. The van der Waals surface area contributed by atoms with Gasteiger partial charge in [0.2, 0.25) is 0 Å². The number of carbonyl (C=O) groups is 1. The molecule has 0 fully saturated rings. The Bertz CT molecular complexity index is 643. The maximum atomic E-state index is 10.8. The third-order valence-corrected chi connectivity index (χ3v) is 3.85. The summed E-state index contributed by atoms with van der Waals surface area (Å²) in [6.45, 7) is 5.31. The van der Waals surface area contributed by atoms with Gasteiger partial charge in [0.1, 0.15) is 0 Å². The molecule has 0 spiro atoms. The predicted octanol–water partition coefficient (Wildman–Crippen LogP) is 3.57. The second-order valence-corrected chi connectivity index (χ2v) is 5.72. The summed E-state index contributed by atoms with van der Waals surface area (Å²) >= 11 is 6.20. The lowest BCUT2D eigenvalue weighted by molar-refractivity contribution is -0.137. The molecule has 0 saturated carbocycles. The van der Waals surface area contributed by atoms with Gasteiger partial charge in [0.05, 0.1) is 11.9 Å². The topological polar surface area (TPSA) is 53.4 Å². The molecule has 0 aliphatic carbocycles. The SMILES string of the molecule is CC(C)N(CCC(=O)O)Cc1ccc(Cl)c2cccnc12. The number of nitrogens with zero attached hydrogens (tertiary/aromatic N) is 2. The minimum atomic E-state index is -0.778. The first kappa shape index (κ1) is 15.7. The summed E-state index contributed by atoms with van der Waals surface area (Å²) in [5.41, 5.74) is 1.94. The first-order valence-corrected chi connectivity index (χ1v) is 7.34. The molecule has 4 nitrogen and oxygen atoms in total. The van der Waals surface area contributed by atoms with Gasteiger partial charge < -0.3 is 5.11 Å². The number of pyridine rings is 1. The van der Waals surface area contributed by atoms with Crippen LogP contribution in [0.5, 0.6) is 0 Å². The van der Waals surface area contributed by atoms with Gasteiger partial charge in [0.25, 0.3) is 0 Å². The van der Waals surface area contributed by atoms with Gasteiger partial charge in [0, 0.05) is 35.7 Å². The molecule has 0 unspecified atom stereocenters. The van der Waals surface area contributed by atoms with Crippen LogP contribution in [0.3, 0.4) is 0 Å². The van der Waals surface area contributed by atoms with Crippen molar-refractivity contribution in [3.63, 3.8) is 0 Å². The molecule has 0 aliphatic heterocycles. The van der Waals surface area contributed by atoms with Crippen molar-refractivity contribution in [1.82, 2.24) is 9.88 Å². The third kappa shape index (κ3) is 3.93. The fourth-order valence-electron chi connectivity index (χ4n) is 2.30. The maximum absolute atomic E-state index is 10.8. The molecule has 112 valence electrons. The Kier molecular flexibility index (Phi) is 5.15. The van der Waals surface area contributed by atoms with Crippen molar-refractivity contribution in [3.05, 3.63) is 41.0 Å². The molecule has 1 aromatic carbocycles. The molecule has 0 aliphatic rings. The Balaban J connectivity index is 2.28. The van der Waals surface area contributed by atoms with E-state index in [2.05, 4.69) is 23.7 Å². The van der Waals surface area contributed by atoms with E-state index in [1.807, 2.05) is 24.3 Å². The lowest BCUT2D eigenvalue weighted by Gasteiger charge is -2.26. The van der Waals surface area contributed by atoms with Crippen LogP contribution in [-0.4, -0.2) is 33.5 Å². The van der Waals surface area contributed by atoms with Crippen molar-refractivity contribution >= 4 is 28.5 Å². The summed E-state index contributed by atoms with van der Waals surface area (Å²) in [5, 5.41) is 10.5. The Morgan fingerprint density at radius 1 is 1.38 bits per heavy atom.